The summed E-state index contributed by atoms with van der Waals surface area (Å²) in [6.07, 6.45) is 1.30. The number of hydrogen-bond acceptors (Lipinski definition) is 7. The lowest BCUT2D eigenvalue weighted by atomic mass is 9.94. The van der Waals surface area contributed by atoms with Crippen molar-refractivity contribution < 1.29 is 33.6 Å². The summed E-state index contributed by atoms with van der Waals surface area (Å²) in [4.78, 5) is 27.8. The van der Waals surface area contributed by atoms with Crippen molar-refractivity contribution in [1.82, 2.24) is 4.90 Å². The second kappa shape index (κ2) is 10.4. The van der Waals surface area contributed by atoms with Gasteiger partial charge in [-0.2, -0.15) is 0 Å². The number of rotatable bonds is 9. The Balaban J connectivity index is 1.82. The maximum absolute atomic E-state index is 13.2. The number of hydrogen-bond donors (Lipinski definition) is 1. The fourth-order valence-electron chi connectivity index (χ4n) is 4.69. The van der Waals surface area contributed by atoms with Gasteiger partial charge in [0.05, 0.1) is 25.3 Å². The Morgan fingerprint density at radius 1 is 1.14 bits per heavy atom. The maximum Gasteiger partial charge on any atom is 0.295 e. The van der Waals surface area contributed by atoms with Crippen LogP contribution in [-0.4, -0.2) is 61.8 Å². The lowest BCUT2D eigenvalue weighted by Crippen LogP contribution is -2.31. The summed E-state index contributed by atoms with van der Waals surface area (Å²) < 4.78 is 22.0. The Hall–Kier alpha value is -3.52. The highest BCUT2D eigenvalue weighted by Gasteiger charge is 2.46. The van der Waals surface area contributed by atoms with Crippen molar-refractivity contribution in [3.8, 4) is 17.2 Å². The van der Waals surface area contributed by atoms with Crippen LogP contribution in [0.5, 0.6) is 17.2 Å². The van der Waals surface area contributed by atoms with Crippen LogP contribution in [0.4, 0.5) is 0 Å². The largest absolute Gasteiger partial charge is 0.507 e. The van der Waals surface area contributed by atoms with Crippen LogP contribution in [0.1, 0.15) is 43.0 Å². The number of ether oxygens (including phenoxy) is 4. The summed E-state index contributed by atoms with van der Waals surface area (Å²) in [5.74, 6) is 0.222. The average Bonchev–Trinajstić information content (AvgIpc) is 3.35. The van der Waals surface area contributed by atoms with Gasteiger partial charge >= 0.3 is 0 Å². The molecular formula is C27H31NO7. The predicted molar refractivity (Wildman–Crippen MR) is 130 cm³/mol. The molecule has 2 aliphatic heterocycles. The van der Waals surface area contributed by atoms with Gasteiger partial charge in [0.1, 0.15) is 17.6 Å². The van der Waals surface area contributed by atoms with Gasteiger partial charge in [0, 0.05) is 32.2 Å². The van der Waals surface area contributed by atoms with Crippen molar-refractivity contribution >= 4 is 17.4 Å². The first-order valence-corrected chi connectivity index (χ1v) is 11.8. The van der Waals surface area contributed by atoms with Crippen LogP contribution in [0.25, 0.3) is 5.76 Å². The SMILES string of the molecule is CCOc1ccc([C@@H]2C(=C(O)c3ccc4c(c3)C[C@H](C)O4)C(=O)C(=O)N2CCCOC)cc1OC. The maximum atomic E-state index is 13.2. The minimum Gasteiger partial charge on any atom is -0.507 e. The first kappa shape index (κ1) is 24.6. The van der Waals surface area contributed by atoms with E-state index < -0.39 is 17.7 Å². The van der Waals surface area contributed by atoms with Crippen LogP contribution in [-0.2, 0) is 20.7 Å². The molecule has 0 spiro atoms. The van der Waals surface area contributed by atoms with Gasteiger partial charge in [-0.3, -0.25) is 9.59 Å². The zero-order valence-corrected chi connectivity index (χ0v) is 20.5. The Bertz CT molecular complexity index is 1160. The van der Waals surface area contributed by atoms with Crippen LogP contribution < -0.4 is 14.2 Å². The Labute approximate surface area is 205 Å². The van der Waals surface area contributed by atoms with Gasteiger partial charge in [-0.15, -0.1) is 0 Å². The van der Waals surface area contributed by atoms with Crippen molar-refractivity contribution in [2.75, 3.05) is 34.0 Å². The normalized spacial score (nSPS) is 20.6. The number of benzene rings is 2. The van der Waals surface area contributed by atoms with Crippen LogP contribution in [0, 0.1) is 0 Å². The standard InChI is InChI=1S/C27H31NO7/c1-5-34-21-10-7-17(15-22(21)33-4)24-23(26(30)27(31)28(24)11-6-12-32-3)25(29)18-8-9-20-19(14-18)13-16(2)35-20/h7-10,14-16,24,29H,5-6,11-13H2,1-4H3/t16-,24+/m0/s1. The van der Waals surface area contributed by atoms with E-state index in [1.165, 1.54) is 12.0 Å². The molecule has 4 rings (SSSR count). The molecule has 0 aromatic heterocycles. The van der Waals surface area contributed by atoms with E-state index in [4.69, 9.17) is 18.9 Å². The molecule has 35 heavy (non-hydrogen) atoms. The first-order chi connectivity index (χ1) is 16.9. The molecule has 8 nitrogen and oxygen atoms in total. The Morgan fingerprint density at radius 2 is 1.94 bits per heavy atom. The third-order valence-corrected chi connectivity index (χ3v) is 6.26. The van der Waals surface area contributed by atoms with E-state index >= 15 is 0 Å². The molecule has 0 bridgehead atoms. The number of amides is 1. The third-order valence-electron chi connectivity index (χ3n) is 6.26. The zero-order valence-electron chi connectivity index (χ0n) is 20.5. The van der Waals surface area contributed by atoms with E-state index in [-0.39, 0.29) is 17.4 Å². The molecule has 186 valence electrons. The topological polar surface area (TPSA) is 94.5 Å². The molecular weight excluding hydrogens is 450 g/mol. The monoisotopic (exact) mass is 481 g/mol. The minimum absolute atomic E-state index is 0.0464. The number of carbonyl (C=O) groups excluding carboxylic acids is 2. The fraction of sp³-hybridized carbons (Fsp3) is 0.407. The minimum atomic E-state index is -0.778. The molecule has 0 aliphatic carbocycles. The molecule has 0 saturated carbocycles. The van der Waals surface area contributed by atoms with E-state index in [1.807, 2.05) is 19.9 Å². The first-order valence-electron chi connectivity index (χ1n) is 11.8. The molecule has 0 radical (unpaired) electrons. The van der Waals surface area contributed by atoms with Crippen molar-refractivity contribution in [3.05, 3.63) is 58.7 Å². The number of methoxy groups -OCH3 is 2. The second-order valence-electron chi connectivity index (χ2n) is 8.64. The number of likely N-dealkylation sites (tertiary alicyclic amines) is 1. The highest BCUT2D eigenvalue weighted by molar-refractivity contribution is 6.46. The van der Waals surface area contributed by atoms with E-state index in [2.05, 4.69) is 0 Å². The van der Waals surface area contributed by atoms with Crippen LogP contribution >= 0.6 is 0 Å². The van der Waals surface area contributed by atoms with Crippen molar-refractivity contribution in [2.24, 2.45) is 0 Å². The van der Waals surface area contributed by atoms with Crippen LogP contribution in [0.2, 0.25) is 0 Å². The fourth-order valence-corrected chi connectivity index (χ4v) is 4.69. The third kappa shape index (κ3) is 4.71. The quantitative estimate of drug-likeness (QED) is 0.251. The van der Waals surface area contributed by atoms with E-state index in [1.54, 1.807) is 37.4 Å². The van der Waals surface area contributed by atoms with Gasteiger partial charge in [0.25, 0.3) is 11.7 Å². The number of aliphatic hydroxyl groups excluding tert-OH is 1. The second-order valence-corrected chi connectivity index (χ2v) is 8.64. The predicted octanol–water partition coefficient (Wildman–Crippen LogP) is 3.88. The molecule has 1 amide bonds. The number of carbonyl (C=O) groups is 2. The molecule has 2 aromatic carbocycles. The summed E-state index contributed by atoms with van der Waals surface area (Å²) >= 11 is 0. The molecule has 2 heterocycles. The Kier molecular flexibility index (Phi) is 7.31. The van der Waals surface area contributed by atoms with Crippen molar-refractivity contribution in [1.29, 1.82) is 0 Å². The lowest BCUT2D eigenvalue weighted by Gasteiger charge is -2.26. The summed E-state index contributed by atoms with van der Waals surface area (Å²) in [6, 6.07) is 9.83. The van der Waals surface area contributed by atoms with E-state index in [0.717, 1.165) is 11.3 Å². The molecule has 1 N–H and O–H groups in total. The van der Waals surface area contributed by atoms with Gasteiger partial charge in [-0.05, 0) is 61.7 Å². The molecule has 2 aromatic rings. The Morgan fingerprint density at radius 3 is 2.66 bits per heavy atom. The number of Topliss-reactive ketones (excluding diaryl/α,β-unsaturated/α-hetero) is 1. The van der Waals surface area contributed by atoms with Crippen molar-refractivity contribution in [2.45, 2.75) is 38.8 Å². The van der Waals surface area contributed by atoms with Crippen LogP contribution in [0.15, 0.2) is 42.0 Å². The molecule has 8 heteroatoms. The summed E-state index contributed by atoms with van der Waals surface area (Å²) in [5, 5.41) is 11.4. The molecule has 2 aliphatic rings. The lowest BCUT2D eigenvalue weighted by molar-refractivity contribution is -0.140. The summed E-state index contributed by atoms with van der Waals surface area (Å²) in [5.41, 5.74) is 2.11. The smallest absolute Gasteiger partial charge is 0.295 e. The molecule has 0 unspecified atom stereocenters. The van der Waals surface area contributed by atoms with Crippen molar-refractivity contribution in [3.63, 3.8) is 0 Å². The summed E-state index contributed by atoms with van der Waals surface area (Å²) in [6.45, 7) is 5.05. The van der Waals surface area contributed by atoms with Gasteiger partial charge in [-0.25, -0.2) is 0 Å². The average molecular weight is 482 g/mol. The van der Waals surface area contributed by atoms with Crippen LogP contribution in [0.3, 0.4) is 0 Å². The number of ketones is 1. The highest BCUT2D eigenvalue weighted by atomic mass is 16.5. The molecule has 1 saturated heterocycles. The number of fused-ring (bicyclic) bond motifs is 1. The highest BCUT2D eigenvalue weighted by Crippen LogP contribution is 2.42. The van der Waals surface area contributed by atoms with Gasteiger partial charge in [0.2, 0.25) is 0 Å². The summed E-state index contributed by atoms with van der Waals surface area (Å²) in [7, 11) is 3.12. The number of aliphatic hydroxyl groups is 1. The van der Waals surface area contributed by atoms with E-state index in [9.17, 15) is 14.7 Å². The van der Waals surface area contributed by atoms with Gasteiger partial charge in [0.15, 0.2) is 11.5 Å². The number of nitrogens with zero attached hydrogens (tertiary/aromatic N) is 1. The molecule has 2 atom stereocenters. The van der Waals surface area contributed by atoms with Gasteiger partial charge in [-0.1, -0.05) is 6.07 Å². The molecule has 1 fully saturated rings. The zero-order chi connectivity index (χ0) is 25.1. The van der Waals surface area contributed by atoms with E-state index in [0.29, 0.717) is 55.2 Å². The van der Waals surface area contributed by atoms with Gasteiger partial charge < -0.3 is 29.0 Å².